The van der Waals surface area contributed by atoms with Gasteiger partial charge in [-0.2, -0.15) is 12.6 Å². The third kappa shape index (κ3) is 1.70. The lowest BCUT2D eigenvalue weighted by atomic mass is 9.70. The Kier molecular flexibility index (Phi) is 2.94. The molecule has 0 saturated carbocycles. The number of rotatable bonds is 0. The minimum absolute atomic E-state index is 0.247. The van der Waals surface area contributed by atoms with E-state index in [-0.39, 0.29) is 4.87 Å². The van der Waals surface area contributed by atoms with Crippen molar-refractivity contribution in [3.63, 3.8) is 0 Å². The molecule has 4 aliphatic heterocycles. The van der Waals surface area contributed by atoms with Crippen LogP contribution in [0, 0.1) is 11.8 Å². The zero-order chi connectivity index (χ0) is 12.2. The molecular formula is C15H26N2S. The normalized spacial score (nSPS) is 49.5. The predicted molar refractivity (Wildman–Crippen MR) is 78.0 cm³/mol. The Hall–Kier alpha value is 0.270. The molecule has 4 fully saturated rings. The van der Waals surface area contributed by atoms with Crippen LogP contribution in [0.15, 0.2) is 0 Å². The molecule has 0 aromatic rings. The van der Waals surface area contributed by atoms with Gasteiger partial charge in [-0.05, 0) is 63.5 Å². The molecule has 102 valence electrons. The maximum Gasteiger partial charge on any atom is 0.0681 e. The van der Waals surface area contributed by atoms with Crippen LogP contribution in [0.4, 0.5) is 0 Å². The molecule has 2 nitrogen and oxygen atoms in total. The Bertz CT molecular complexity index is 334. The maximum atomic E-state index is 5.18. The van der Waals surface area contributed by atoms with E-state index >= 15 is 0 Å². The summed E-state index contributed by atoms with van der Waals surface area (Å²) < 4.78 is 0. The molecular weight excluding hydrogens is 240 g/mol. The molecule has 0 aromatic carbocycles. The number of hydrogen-bond acceptors (Lipinski definition) is 3. The van der Waals surface area contributed by atoms with E-state index in [4.69, 9.17) is 12.6 Å². The first-order chi connectivity index (χ1) is 8.77. The second-order valence-corrected chi connectivity index (χ2v) is 7.81. The second kappa shape index (κ2) is 4.39. The molecule has 3 heteroatoms. The Labute approximate surface area is 116 Å². The highest BCUT2D eigenvalue weighted by Crippen LogP contribution is 2.50. The highest BCUT2D eigenvalue weighted by atomic mass is 32.1. The van der Waals surface area contributed by atoms with Crippen molar-refractivity contribution in [2.75, 3.05) is 26.2 Å². The van der Waals surface area contributed by atoms with Gasteiger partial charge in [0, 0.05) is 19.1 Å². The number of nitrogens with zero attached hydrogens (tertiary/aromatic N) is 2. The van der Waals surface area contributed by atoms with E-state index in [1.165, 1.54) is 71.1 Å². The molecule has 0 aromatic heterocycles. The fraction of sp³-hybridized carbons (Fsp3) is 1.00. The molecule has 0 spiro atoms. The number of piperidine rings is 4. The van der Waals surface area contributed by atoms with E-state index in [9.17, 15) is 0 Å². The van der Waals surface area contributed by atoms with Gasteiger partial charge in [-0.25, -0.2) is 0 Å². The molecule has 0 radical (unpaired) electrons. The van der Waals surface area contributed by atoms with Crippen LogP contribution in [0.25, 0.3) is 0 Å². The summed E-state index contributed by atoms with van der Waals surface area (Å²) in [5, 5.41) is 0. The lowest BCUT2D eigenvalue weighted by molar-refractivity contribution is -0.0847. The van der Waals surface area contributed by atoms with Crippen molar-refractivity contribution in [1.29, 1.82) is 0 Å². The fourth-order valence-electron chi connectivity index (χ4n) is 5.22. The Morgan fingerprint density at radius 1 is 1.00 bits per heavy atom. The highest BCUT2D eigenvalue weighted by molar-refractivity contribution is 7.81. The largest absolute Gasteiger partial charge is 0.300 e. The van der Waals surface area contributed by atoms with Crippen LogP contribution in [-0.2, 0) is 0 Å². The van der Waals surface area contributed by atoms with Crippen LogP contribution in [0.2, 0.25) is 0 Å². The Morgan fingerprint density at radius 2 is 1.89 bits per heavy atom. The first-order valence-corrected chi connectivity index (χ1v) is 8.43. The summed E-state index contributed by atoms with van der Waals surface area (Å²) in [4.78, 5) is 5.83. The van der Waals surface area contributed by atoms with Crippen LogP contribution < -0.4 is 0 Å². The van der Waals surface area contributed by atoms with E-state index in [1.807, 2.05) is 0 Å². The van der Waals surface area contributed by atoms with Gasteiger partial charge in [0.2, 0.25) is 0 Å². The molecule has 4 heterocycles. The lowest BCUT2D eigenvalue weighted by Gasteiger charge is -2.61. The van der Waals surface area contributed by atoms with E-state index in [0.29, 0.717) is 0 Å². The van der Waals surface area contributed by atoms with Gasteiger partial charge in [0.25, 0.3) is 0 Å². The van der Waals surface area contributed by atoms with Crippen molar-refractivity contribution >= 4 is 12.6 Å². The van der Waals surface area contributed by atoms with Crippen molar-refractivity contribution in [3.05, 3.63) is 0 Å². The van der Waals surface area contributed by atoms with Gasteiger partial charge in [0.05, 0.1) is 4.87 Å². The minimum Gasteiger partial charge on any atom is -0.300 e. The number of fused-ring (bicyclic) bond motifs is 6. The molecule has 0 aliphatic carbocycles. The van der Waals surface area contributed by atoms with Gasteiger partial charge >= 0.3 is 0 Å². The summed E-state index contributed by atoms with van der Waals surface area (Å²) in [6.45, 7) is 5.34. The van der Waals surface area contributed by atoms with Crippen molar-refractivity contribution in [2.45, 2.75) is 55.9 Å². The first-order valence-electron chi connectivity index (χ1n) is 7.99. The van der Waals surface area contributed by atoms with Gasteiger partial charge in [-0.15, -0.1) is 0 Å². The van der Waals surface area contributed by atoms with E-state index < -0.39 is 0 Å². The third-order valence-electron chi connectivity index (χ3n) is 6.13. The molecule has 2 bridgehead atoms. The summed E-state index contributed by atoms with van der Waals surface area (Å²) in [6.07, 6.45) is 9.94. The monoisotopic (exact) mass is 266 g/mol. The molecule has 18 heavy (non-hydrogen) atoms. The highest BCUT2D eigenvalue weighted by Gasteiger charge is 2.52. The van der Waals surface area contributed by atoms with Crippen molar-refractivity contribution in [2.24, 2.45) is 11.8 Å². The number of hydrogen-bond donors (Lipinski definition) is 1. The van der Waals surface area contributed by atoms with Crippen LogP contribution in [0.5, 0.6) is 0 Å². The predicted octanol–water partition coefficient (Wildman–Crippen LogP) is 2.60. The fourth-order valence-corrected chi connectivity index (χ4v) is 5.75. The van der Waals surface area contributed by atoms with E-state index in [0.717, 1.165) is 17.9 Å². The molecule has 4 atom stereocenters. The molecule has 4 saturated heterocycles. The Morgan fingerprint density at radius 3 is 2.83 bits per heavy atom. The Balaban J connectivity index is 1.61. The summed E-state index contributed by atoms with van der Waals surface area (Å²) in [5.41, 5.74) is 0. The van der Waals surface area contributed by atoms with Gasteiger partial charge in [-0.1, -0.05) is 6.42 Å². The lowest BCUT2D eigenvalue weighted by Crippen LogP contribution is -2.67. The number of thiol groups is 1. The average molecular weight is 266 g/mol. The summed E-state index contributed by atoms with van der Waals surface area (Å²) in [5.74, 6) is 1.77. The van der Waals surface area contributed by atoms with Gasteiger partial charge < -0.3 is 0 Å². The van der Waals surface area contributed by atoms with Gasteiger partial charge in [0.15, 0.2) is 0 Å². The van der Waals surface area contributed by atoms with Gasteiger partial charge in [0.1, 0.15) is 0 Å². The van der Waals surface area contributed by atoms with Gasteiger partial charge in [-0.3, -0.25) is 9.80 Å². The summed E-state index contributed by atoms with van der Waals surface area (Å²) in [6, 6.07) is 0.912. The quantitative estimate of drug-likeness (QED) is 0.673. The second-order valence-electron chi connectivity index (χ2n) is 7.03. The molecule has 4 rings (SSSR count). The first kappa shape index (κ1) is 12.0. The SMILES string of the molecule is S[C@]12CCCCN1C[C@H]1C[C@@H]2CN2CCCC[C@@H]12. The zero-order valence-electron chi connectivity index (χ0n) is 11.4. The molecule has 0 N–H and O–H groups in total. The third-order valence-corrected chi connectivity index (χ3v) is 7.00. The zero-order valence-corrected chi connectivity index (χ0v) is 12.2. The maximum absolute atomic E-state index is 5.18. The molecule has 4 aliphatic rings. The smallest absolute Gasteiger partial charge is 0.0681 e. The topological polar surface area (TPSA) is 6.48 Å². The van der Waals surface area contributed by atoms with Crippen LogP contribution in [0.1, 0.15) is 44.9 Å². The standard InChI is InChI=1S/C15H26N2S/c18-15-6-2-4-8-17(15)10-12-9-13(15)11-16-7-3-1-5-14(12)16/h12-14,18H,1-11H2/t12-,13-,14+,15+/m1/s1. The van der Waals surface area contributed by atoms with Crippen molar-refractivity contribution in [3.8, 4) is 0 Å². The average Bonchev–Trinajstić information content (AvgIpc) is 2.40. The van der Waals surface area contributed by atoms with E-state index in [2.05, 4.69) is 9.80 Å². The van der Waals surface area contributed by atoms with Crippen molar-refractivity contribution in [1.82, 2.24) is 9.80 Å². The molecule has 0 unspecified atom stereocenters. The van der Waals surface area contributed by atoms with Crippen LogP contribution >= 0.6 is 12.6 Å². The molecule has 0 amide bonds. The van der Waals surface area contributed by atoms with Crippen LogP contribution in [-0.4, -0.2) is 46.9 Å². The minimum atomic E-state index is 0.247. The van der Waals surface area contributed by atoms with E-state index in [1.54, 1.807) is 0 Å². The summed E-state index contributed by atoms with van der Waals surface area (Å²) in [7, 11) is 0. The van der Waals surface area contributed by atoms with Crippen LogP contribution in [0.3, 0.4) is 0 Å². The van der Waals surface area contributed by atoms with Crippen molar-refractivity contribution < 1.29 is 0 Å². The summed E-state index contributed by atoms with van der Waals surface area (Å²) >= 11 is 5.18.